The van der Waals surface area contributed by atoms with E-state index >= 15 is 0 Å². The molecule has 3 fully saturated rings. The number of rotatable bonds is 0. The second kappa shape index (κ2) is 1.94. The van der Waals surface area contributed by atoms with Gasteiger partial charge in [0.15, 0.2) is 0 Å². The van der Waals surface area contributed by atoms with Crippen molar-refractivity contribution in [2.75, 3.05) is 0 Å². The molecular weight excluding hydrogens is 164 g/mol. The summed E-state index contributed by atoms with van der Waals surface area (Å²) in [6.45, 7) is 4.41. The molecule has 3 rings (SSSR count). The fourth-order valence-corrected chi connectivity index (χ4v) is 4.02. The first kappa shape index (κ1) is 7.84. The second-order valence-corrected chi connectivity index (χ2v) is 5.38. The van der Waals surface area contributed by atoms with Crippen molar-refractivity contribution in [1.29, 1.82) is 0 Å². The molecule has 2 saturated carbocycles. The summed E-state index contributed by atoms with van der Waals surface area (Å²) in [6, 6.07) is 0. The van der Waals surface area contributed by atoms with E-state index in [4.69, 9.17) is 4.74 Å². The Morgan fingerprint density at radius 3 is 2.69 bits per heavy atom. The Morgan fingerprint density at radius 1 is 1.31 bits per heavy atom. The van der Waals surface area contributed by atoms with Crippen LogP contribution in [0, 0.1) is 17.3 Å². The van der Waals surface area contributed by atoms with Gasteiger partial charge in [-0.2, -0.15) is 0 Å². The standard InChI is InChI=1S/C11H16O2/c1-10-6-9(12)13-11(10,2)8-4-3-7(10)5-8/h7-8H,3-6H2,1-2H3/t7-,8-,10-,11-/m1/s1. The zero-order valence-electron chi connectivity index (χ0n) is 8.30. The molecule has 3 aliphatic rings. The van der Waals surface area contributed by atoms with Crippen molar-refractivity contribution in [2.24, 2.45) is 17.3 Å². The van der Waals surface area contributed by atoms with Crippen molar-refractivity contribution < 1.29 is 9.53 Å². The van der Waals surface area contributed by atoms with Crippen LogP contribution < -0.4 is 0 Å². The summed E-state index contributed by atoms with van der Waals surface area (Å²) in [5.74, 6) is 1.42. The summed E-state index contributed by atoms with van der Waals surface area (Å²) in [6.07, 6.45) is 4.53. The molecule has 0 spiro atoms. The largest absolute Gasteiger partial charge is 0.458 e. The van der Waals surface area contributed by atoms with Crippen LogP contribution in [0.3, 0.4) is 0 Å². The molecule has 1 aliphatic heterocycles. The summed E-state index contributed by atoms with van der Waals surface area (Å²) in [5, 5.41) is 0. The predicted octanol–water partition coefficient (Wildman–Crippen LogP) is 2.13. The molecule has 0 N–H and O–H groups in total. The van der Waals surface area contributed by atoms with Gasteiger partial charge in [-0.05, 0) is 38.0 Å². The van der Waals surface area contributed by atoms with E-state index in [1.807, 2.05) is 0 Å². The normalized spacial score (nSPS) is 58.2. The molecular formula is C11H16O2. The molecule has 1 saturated heterocycles. The monoisotopic (exact) mass is 180 g/mol. The number of hydrogen-bond donors (Lipinski definition) is 0. The van der Waals surface area contributed by atoms with E-state index in [0.29, 0.717) is 12.3 Å². The highest BCUT2D eigenvalue weighted by Gasteiger charge is 2.68. The van der Waals surface area contributed by atoms with Crippen LogP contribution in [0.15, 0.2) is 0 Å². The van der Waals surface area contributed by atoms with Crippen molar-refractivity contribution >= 4 is 5.97 Å². The third-order valence-corrected chi connectivity index (χ3v) is 5.08. The van der Waals surface area contributed by atoms with Gasteiger partial charge in [0.1, 0.15) is 5.60 Å². The van der Waals surface area contributed by atoms with Gasteiger partial charge in [-0.25, -0.2) is 0 Å². The minimum absolute atomic E-state index is 0.0293. The Kier molecular flexibility index (Phi) is 1.17. The molecule has 0 aromatic carbocycles. The Morgan fingerprint density at radius 2 is 2.00 bits per heavy atom. The maximum absolute atomic E-state index is 11.4. The van der Waals surface area contributed by atoms with Gasteiger partial charge < -0.3 is 4.74 Å². The van der Waals surface area contributed by atoms with E-state index in [2.05, 4.69) is 13.8 Å². The average Bonchev–Trinajstić information content (AvgIpc) is 2.59. The summed E-state index contributed by atoms with van der Waals surface area (Å²) < 4.78 is 5.57. The van der Waals surface area contributed by atoms with E-state index < -0.39 is 0 Å². The maximum atomic E-state index is 11.4. The van der Waals surface area contributed by atoms with Crippen LogP contribution in [0.1, 0.15) is 39.5 Å². The van der Waals surface area contributed by atoms with Gasteiger partial charge in [0, 0.05) is 5.41 Å². The zero-order chi connectivity index (χ0) is 9.27. The van der Waals surface area contributed by atoms with Crippen LogP contribution in [-0.2, 0) is 9.53 Å². The maximum Gasteiger partial charge on any atom is 0.307 e. The molecule has 72 valence electrons. The number of hydrogen-bond acceptors (Lipinski definition) is 2. The lowest BCUT2D eigenvalue weighted by molar-refractivity contribution is -0.154. The molecule has 1 heterocycles. The zero-order valence-corrected chi connectivity index (χ0v) is 8.30. The highest BCUT2D eigenvalue weighted by Crippen LogP contribution is 2.67. The Hall–Kier alpha value is -0.530. The lowest BCUT2D eigenvalue weighted by Gasteiger charge is -2.41. The van der Waals surface area contributed by atoms with Gasteiger partial charge in [0.2, 0.25) is 0 Å². The van der Waals surface area contributed by atoms with Crippen molar-refractivity contribution in [2.45, 2.75) is 45.1 Å². The fourth-order valence-electron chi connectivity index (χ4n) is 4.02. The number of esters is 1. The quantitative estimate of drug-likeness (QED) is 0.534. The first-order valence-corrected chi connectivity index (χ1v) is 5.28. The van der Waals surface area contributed by atoms with Crippen molar-refractivity contribution in [3.8, 4) is 0 Å². The topological polar surface area (TPSA) is 26.3 Å². The van der Waals surface area contributed by atoms with E-state index in [1.54, 1.807) is 0 Å². The van der Waals surface area contributed by atoms with Crippen LogP contribution in [-0.4, -0.2) is 11.6 Å². The summed E-state index contributed by atoms with van der Waals surface area (Å²) in [4.78, 5) is 11.4. The van der Waals surface area contributed by atoms with E-state index in [-0.39, 0.29) is 17.0 Å². The van der Waals surface area contributed by atoms with Crippen LogP contribution >= 0.6 is 0 Å². The number of carbonyl (C=O) groups is 1. The molecule has 0 radical (unpaired) electrons. The molecule has 0 aromatic heterocycles. The highest BCUT2D eigenvalue weighted by molar-refractivity contribution is 5.74. The van der Waals surface area contributed by atoms with Gasteiger partial charge in [-0.3, -0.25) is 4.79 Å². The molecule has 2 nitrogen and oxygen atoms in total. The SMILES string of the molecule is C[C@]12CC(=O)O[C@]1(C)[C@@H]1CC[C@@H]2C1. The third-order valence-electron chi connectivity index (χ3n) is 5.08. The molecule has 2 bridgehead atoms. The lowest BCUT2D eigenvalue weighted by Crippen LogP contribution is -2.45. The number of ether oxygens (including phenoxy) is 1. The first-order valence-electron chi connectivity index (χ1n) is 5.28. The Labute approximate surface area is 78.6 Å². The second-order valence-electron chi connectivity index (χ2n) is 5.38. The van der Waals surface area contributed by atoms with Crippen molar-refractivity contribution in [1.82, 2.24) is 0 Å². The summed E-state index contributed by atoms with van der Waals surface area (Å²) in [5.41, 5.74) is 0.0417. The predicted molar refractivity (Wildman–Crippen MR) is 48.1 cm³/mol. The Bertz CT molecular complexity index is 260. The highest BCUT2D eigenvalue weighted by atomic mass is 16.6. The molecule has 0 unspecified atom stereocenters. The van der Waals surface area contributed by atoms with Crippen LogP contribution in [0.25, 0.3) is 0 Å². The summed E-state index contributed by atoms with van der Waals surface area (Å²) in [7, 11) is 0. The van der Waals surface area contributed by atoms with Gasteiger partial charge >= 0.3 is 5.97 Å². The number of fused-ring (bicyclic) bond motifs is 5. The van der Waals surface area contributed by atoms with E-state index in [9.17, 15) is 4.79 Å². The van der Waals surface area contributed by atoms with E-state index in [1.165, 1.54) is 19.3 Å². The summed E-state index contributed by atoms with van der Waals surface area (Å²) >= 11 is 0. The van der Waals surface area contributed by atoms with Gasteiger partial charge in [-0.15, -0.1) is 0 Å². The van der Waals surface area contributed by atoms with Crippen molar-refractivity contribution in [3.05, 3.63) is 0 Å². The van der Waals surface area contributed by atoms with Gasteiger partial charge in [0.05, 0.1) is 6.42 Å². The molecule has 4 atom stereocenters. The minimum Gasteiger partial charge on any atom is -0.458 e. The van der Waals surface area contributed by atoms with Crippen molar-refractivity contribution in [3.63, 3.8) is 0 Å². The van der Waals surface area contributed by atoms with Gasteiger partial charge in [0.25, 0.3) is 0 Å². The smallest absolute Gasteiger partial charge is 0.307 e. The molecule has 0 aromatic rings. The fraction of sp³-hybridized carbons (Fsp3) is 0.909. The molecule has 2 aliphatic carbocycles. The molecule has 0 amide bonds. The third kappa shape index (κ3) is 0.660. The molecule has 13 heavy (non-hydrogen) atoms. The van der Waals surface area contributed by atoms with E-state index in [0.717, 1.165) is 5.92 Å². The number of carbonyl (C=O) groups excluding carboxylic acids is 1. The Balaban J connectivity index is 2.10. The van der Waals surface area contributed by atoms with Gasteiger partial charge in [-0.1, -0.05) is 6.92 Å². The van der Waals surface area contributed by atoms with Crippen LogP contribution in [0.5, 0.6) is 0 Å². The molecule has 2 heteroatoms. The lowest BCUT2D eigenvalue weighted by atomic mass is 9.65. The van der Waals surface area contributed by atoms with Crippen LogP contribution in [0.2, 0.25) is 0 Å². The minimum atomic E-state index is -0.118. The average molecular weight is 180 g/mol. The van der Waals surface area contributed by atoms with Crippen LogP contribution in [0.4, 0.5) is 0 Å². The first-order chi connectivity index (χ1) is 6.06.